The molecule has 0 bridgehead atoms. The van der Waals surface area contributed by atoms with E-state index in [2.05, 4.69) is 52.0 Å². The van der Waals surface area contributed by atoms with Gasteiger partial charge >= 0.3 is 21.7 Å². The molecule has 2 aliphatic carbocycles. The molecule has 0 N–H and O–H groups in total. The molecule has 0 fully saturated rings. The Kier molecular flexibility index (Phi) is 18.9. The average Bonchev–Trinajstić information content (AvgIpc) is 2.92. The van der Waals surface area contributed by atoms with E-state index in [9.17, 15) is 0 Å². The Morgan fingerprint density at radius 1 is 0.810 bits per heavy atom. The largest absolute Gasteiger partial charge is 4.00 e. The van der Waals surface area contributed by atoms with Gasteiger partial charge in [0.1, 0.15) is 0 Å². The number of rotatable bonds is 4. The summed E-state index contributed by atoms with van der Waals surface area (Å²) in [6.45, 7) is 8.76. The average molecular weight is 361 g/mol. The van der Waals surface area contributed by atoms with Gasteiger partial charge in [-0.2, -0.15) is 12.2 Å². The standard InChI is InChI=1S/2C9H13.2ClH.Ti/c2*1-3-5-9-7-4-6-8(9)2;;;/h2*6H,3-5H2,1-2H3;2*1H;/q2*-1;;;+4/p-2. The topological polar surface area (TPSA) is 0 Å². The summed E-state index contributed by atoms with van der Waals surface area (Å²) < 4.78 is 0. The van der Waals surface area contributed by atoms with Crippen molar-refractivity contribution in [1.82, 2.24) is 0 Å². The van der Waals surface area contributed by atoms with Crippen LogP contribution in [0.15, 0.2) is 34.4 Å². The number of hydrogen-bond donors (Lipinski definition) is 0. The minimum Gasteiger partial charge on any atom is -1.00 e. The summed E-state index contributed by atoms with van der Waals surface area (Å²) in [7, 11) is 0. The van der Waals surface area contributed by atoms with Crippen molar-refractivity contribution in [2.45, 2.75) is 66.2 Å². The Hall–Kier alpha value is 0.254. The maximum absolute atomic E-state index is 3.33. The van der Waals surface area contributed by atoms with E-state index < -0.39 is 0 Å². The molecule has 3 heteroatoms. The zero-order valence-corrected chi connectivity index (χ0v) is 16.7. The van der Waals surface area contributed by atoms with Crippen LogP contribution in [0.1, 0.15) is 66.2 Å². The fourth-order valence-electron chi connectivity index (χ4n) is 2.25. The molecule has 0 saturated carbocycles. The van der Waals surface area contributed by atoms with Crippen molar-refractivity contribution in [3.05, 3.63) is 46.6 Å². The van der Waals surface area contributed by atoms with Gasteiger partial charge in [0.05, 0.1) is 0 Å². The zero-order chi connectivity index (χ0) is 13.4. The van der Waals surface area contributed by atoms with Crippen LogP contribution in [-0.4, -0.2) is 0 Å². The second-order valence-corrected chi connectivity index (χ2v) is 4.99. The van der Waals surface area contributed by atoms with Crippen molar-refractivity contribution in [3.8, 4) is 0 Å². The molecule has 0 heterocycles. The van der Waals surface area contributed by atoms with Crippen LogP contribution >= 0.6 is 0 Å². The minimum absolute atomic E-state index is 0. The number of allylic oxidation sites excluding steroid dienone is 8. The van der Waals surface area contributed by atoms with Crippen molar-refractivity contribution in [1.29, 1.82) is 0 Å². The van der Waals surface area contributed by atoms with Crippen molar-refractivity contribution in [2.24, 2.45) is 0 Å². The van der Waals surface area contributed by atoms with E-state index in [0.717, 1.165) is 12.8 Å². The normalized spacial score (nSPS) is 15.0. The van der Waals surface area contributed by atoms with E-state index in [4.69, 9.17) is 0 Å². The van der Waals surface area contributed by atoms with Gasteiger partial charge in [0.15, 0.2) is 0 Å². The predicted molar refractivity (Wildman–Crippen MR) is 80.1 cm³/mol. The first-order chi connectivity index (χ1) is 8.69. The van der Waals surface area contributed by atoms with Gasteiger partial charge in [0.2, 0.25) is 0 Å². The molecule has 0 aliphatic heterocycles. The second-order valence-electron chi connectivity index (χ2n) is 4.99. The van der Waals surface area contributed by atoms with Crippen molar-refractivity contribution in [2.75, 3.05) is 0 Å². The number of hydrogen-bond acceptors (Lipinski definition) is 0. The van der Waals surface area contributed by atoms with E-state index in [1.807, 2.05) is 0 Å². The van der Waals surface area contributed by atoms with Crippen LogP contribution in [0.3, 0.4) is 0 Å². The van der Waals surface area contributed by atoms with Gasteiger partial charge in [0.25, 0.3) is 0 Å². The summed E-state index contributed by atoms with van der Waals surface area (Å²) in [4.78, 5) is 0. The smallest absolute Gasteiger partial charge is 1.00 e. The van der Waals surface area contributed by atoms with Gasteiger partial charge in [-0.15, -0.1) is 26.7 Å². The molecule has 0 saturated heterocycles. The van der Waals surface area contributed by atoms with Crippen molar-refractivity contribution < 1.29 is 46.5 Å². The molecular weight excluding hydrogens is 335 g/mol. The summed E-state index contributed by atoms with van der Waals surface area (Å²) in [6.07, 6.45) is 18.1. The molecule has 0 aromatic carbocycles. The molecule has 0 unspecified atom stereocenters. The van der Waals surface area contributed by atoms with E-state index in [1.54, 1.807) is 0 Å². The summed E-state index contributed by atoms with van der Waals surface area (Å²) in [5.74, 6) is 0. The molecule has 0 nitrogen and oxygen atoms in total. The maximum Gasteiger partial charge on any atom is 4.00 e. The molecule has 0 aromatic rings. The first kappa shape index (κ1) is 26.2. The minimum atomic E-state index is 0. The van der Waals surface area contributed by atoms with E-state index in [-0.39, 0.29) is 46.5 Å². The third-order valence-electron chi connectivity index (χ3n) is 3.40. The van der Waals surface area contributed by atoms with E-state index >= 15 is 0 Å². The van der Waals surface area contributed by atoms with Crippen LogP contribution in [0.25, 0.3) is 0 Å². The summed E-state index contributed by atoms with van der Waals surface area (Å²) in [5.41, 5.74) is 5.77. The second kappa shape index (κ2) is 15.2. The Morgan fingerprint density at radius 3 is 1.33 bits per heavy atom. The van der Waals surface area contributed by atoms with Crippen LogP contribution in [0.2, 0.25) is 0 Å². The summed E-state index contributed by atoms with van der Waals surface area (Å²) in [5, 5.41) is 0. The summed E-state index contributed by atoms with van der Waals surface area (Å²) in [6, 6.07) is 0. The van der Waals surface area contributed by atoms with Gasteiger partial charge in [-0.25, -0.2) is 22.3 Å². The van der Waals surface area contributed by atoms with Crippen LogP contribution < -0.4 is 24.8 Å². The Balaban J connectivity index is -0.000000270. The molecule has 2 aliphatic rings. The van der Waals surface area contributed by atoms with Gasteiger partial charge in [-0.05, 0) is 0 Å². The van der Waals surface area contributed by atoms with Gasteiger partial charge in [-0.1, -0.05) is 39.5 Å². The first-order valence-electron chi connectivity index (χ1n) is 7.22. The van der Waals surface area contributed by atoms with E-state index in [1.165, 1.54) is 48.0 Å². The fraction of sp³-hybridized carbons (Fsp3) is 0.556. The van der Waals surface area contributed by atoms with Crippen LogP contribution in [0, 0.1) is 12.2 Å². The molecule has 0 radical (unpaired) electrons. The molecule has 0 atom stereocenters. The monoisotopic (exact) mass is 360 g/mol. The summed E-state index contributed by atoms with van der Waals surface area (Å²) >= 11 is 0. The fourth-order valence-corrected chi connectivity index (χ4v) is 2.25. The van der Waals surface area contributed by atoms with Gasteiger partial charge in [0, 0.05) is 0 Å². The quantitative estimate of drug-likeness (QED) is 0.478. The van der Waals surface area contributed by atoms with Crippen molar-refractivity contribution in [3.63, 3.8) is 0 Å². The van der Waals surface area contributed by atoms with Crippen LogP contribution in [-0.2, 0) is 21.7 Å². The maximum atomic E-state index is 3.33. The molecular formula is C18H26Cl2Ti. The van der Waals surface area contributed by atoms with Crippen LogP contribution in [0.5, 0.6) is 0 Å². The Bertz CT molecular complexity index is 352. The third kappa shape index (κ3) is 9.79. The third-order valence-corrected chi connectivity index (χ3v) is 3.40. The van der Waals surface area contributed by atoms with Crippen molar-refractivity contribution >= 4 is 0 Å². The van der Waals surface area contributed by atoms with Crippen LogP contribution in [0.4, 0.5) is 0 Å². The molecule has 0 spiro atoms. The molecule has 116 valence electrons. The molecule has 0 aromatic heterocycles. The number of halogens is 2. The van der Waals surface area contributed by atoms with Gasteiger partial charge < -0.3 is 24.8 Å². The predicted octanol–water partition coefficient (Wildman–Crippen LogP) is -0.262. The molecule has 2 rings (SSSR count). The van der Waals surface area contributed by atoms with Gasteiger partial charge in [-0.3, -0.25) is 12.2 Å². The first-order valence-corrected chi connectivity index (χ1v) is 7.22. The van der Waals surface area contributed by atoms with E-state index in [0.29, 0.717) is 0 Å². The Morgan fingerprint density at radius 2 is 1.14 bits per heavy atom. The Labute approximate surface area is 158 Å². The zero-order valence-electron chi connectivity index (χ0n) is 13.7. The SMILES string of the molecule is CCCC1=[C-]CC=C1C.CCCC1=[C-]CC=C1C.[Cl-].[Cl-].[Ti+4]. The molecule has 21 heavy (non-hydrogen) atoms. The molecule has 0 amide bonds.